The Bertz CT molecular complexity index is 378. The van der Waals surface area contributed by atoms with Crippen molar-refractivity contribution in [1.29, 1.82) is 0 Å². The fourth-order valence-electron chi connectivity index (χ4n) is 2.58. The molecule has 85 valence electrons. The Balaban J connectivity index is 1.77. The van der Waals surface area contributed by atoms with E-state index >= 15 is 0 Å². The standard InChI is InChI=1S/C12H16N3O/c1-8(10-4-13-9(2)14-5-10)15-6-12-3-11(15)7-16-12/h4-5,8,11-12H,1,3,6-7H2,2H3. The number of morpholine rings is 1. The second-order valence-electron chi connectivity index (χ2n) is 4.62. The molecule has 2 aliphatic heterocycles. The number of hydrogen-bond acceptors (Lipinski definition) is 4. The Morgan fingerprint density at radius 1 is 1.50 bits per heavy atom. The predicted molar refractivity (Wildman–Crippen MR) is 59.7 cm³/mol. The summed E-state index contributed by atoms with van der Waals surface area (Å²) >= 11 is 0. The van der Waals surface area contributed by atoms with Crippen LogP contribution in [0.4, 0.5) is 0 Å². The monoisotopic (exact) mass is 218 g/mol. The summed E-state index contributed by atoms with van der Waals surface area (Å²) in [5.41, 5.74) is 1.10. The highest BCUT2D eigenvalue weighted by atomic mass is 16.5. The molecule has 2 saturated heterocycles. The highest BCUT2D eigenvalue weighted by Gasteiger charge is 2.41. The van der Waals surface area contributed by atoms with Crippen LogP contribution in [0.5, 0.6) is 0 Å². The number of likely N-dealkylation sites (tertiary alicyclic amines) is 1. The van der Waals surface area contributed by atoms with Crippen LogP contribution in [0.1, 0.15) is 23.9 Å². The fraction of sp³-hybridized carbons (Fsp3) is 0.583. The van der Waals surface area contributed by atoms with E-state index in [-0.39, 0.29) is 6.04 Å². The van der Waals surface area contributed by atoms with Gasteiger partial charge in [-0.25, -0.2) is 9.97 Å². The average molecular weight is 218 g/mol. The van der Waals surface area contributed by atoms with Crippen LogP contribution in [0.2, 0.25) is 0 Å². The van der Waals surface area contributed by atoms with Crippen LogP contribution in [0.25, 0.3) is 0 Å². The maximum Gasteiger partial charge on any atom is 0.125 e. The van der Waals surface area contributed by atoms with Gasteiger partial charge in [0.1, 0.15) is 5.82 Å². The smallest absolute Gasteiger partial charge is 0.125 e. The van der Waals surface area contributed by atoms with Crippen molar-refractivity contribution >= 4 is 0 Å². The number of hydrogen-bond donors (Lipinski definition) is 0. The molecule has 3 atom stereocenters. The number of aryl methyl sites for hydroxylation is 1. The van der Waals surface area contributed by atoms with E-state index in [1.807, 2.05) is 19.3 Å². The predicted octanol–water partition coefficient (Wildman–Crippen LogP) is 1.13. The molecule has 3 rings (SSSR count). The minimum Gasteiger partial charge on any atom is -0.375 e. The van der Waals surface area contributed by atoms with Crippen molar-refractivity contribution in [1.82, 2.24) is 14.9 Å². The summed E-state index contributed by atoms with van der Waals surface area (Å²) in [5, 5.41) is 0. The van der Waals surface area contributed by atoms with Crippen LogP contribution in [-0.4, -0.2) is 40.2 Å². The molecule has 2 fully saturated rings. The van der Waals surface area contributed by atoms with Gasteiger partial charge in [0.15, 0.2) is 0 Å². The summed E-state index contributed by atoms with van der Waals surface area (Å²) in [6.07, 6.45) is 5.33. The Hall–Kier alpha value is -1.00. The third-order valence-electron chi connectivity index (χ3n) is 3.53. The van der Waals surface area contributed by atoms with Gasteiger partial charge in [0.2, 0.25) is 0 Å². The minimum absolute atomic E-state index is 0.152. The van der Waals surface area contributed by atoms with E-state index < -0.39 is 0 Å². The molecule has 4 heteroatoms. The van der Waals surface area contributed by atoms with Crippen molar-refractivity contribution < 1.29 is 4.74 Å². The summed E-state index contributed by atoms with van der Waals surface area (Å²) in [7, 11) is 0. The van der Waals surface area contributed by atoms with E-state index in [1.54, 1.807) is 0 Å². The lowest BCUT2D eigenvalue weighted by atomic mass is 10.1. The molecular formula is C12H16N3O. The SMILES string of the molecule is [CH2]C(c1cnc(C)nc1)N1CC2CC1CO2. The van der Waals surface area contributed by atoms with Gasteiger partial charge in [-0.1, -0.05) is 0 Å². The van der Waals surface area contributed by atoms with Gasteiger partial charge in [-0.2, -0.15) is 0 Å². The number of ether oxygens (including phenoxy) is 1. The number of aromatic nitrogens is 2. The molecule has 4 nitrogen and oxygen atoms in total. The quantitative estimate of drug-likeness (QED) is 0.746. The van der Waals surface area contributed by atoms with Gasteiger partial charge in [-0.3, -0.25) is 4.90 Å². The Morgan fingerprint density at radius 3 is 2.81 bits per heavy atom. The Labute approximate surface area is 95.7 Å². The summed E-state index contributed by atoms with van der Waals surface area (Å²) in [4.78, 5) is 10.9. The van der Waals surface area contributed by atoms with Crippen molar-refractivity contribution in [2.45, 2.75) is 31.5 Å². The van der Waals surface area contributed by atoms with E-state index in [1.165, 1.54) is 0 Å². The van der Waals surface area contributed by atoms with Crippen LogP contribution in [0.15, 0.2) is 12.4 Å². The molecule has 3 unspecified atom stereocenters. The second-order valence-corrected chi connectivity index (χ2v) is 4.62. The molecule has 0 spiro atoms. The van der Waals surface area contributed by atoms with Crippen molar-refractivity contribution in [3.63, 3.8) is 0 Å². The van der Waals surface area contributed by atoms with Crippen molar-refractivity contribution in [2.75, 3.05) is 13.2 Å². The zero-order valence-electron chi connectivity index (χ0n) is 9.47. The fourth-order valence-corrected chi connectivity index (χ4v) is 2.58. The van der Waals surface area contributed by atoms with Gasteiger partial charge in [0.05, 0.1) is 12.7 Å². The van der Waals surface area contributed by atoms with E-state index in [4.69, 9.17) is 4.74 Å². The molecule has 0 aliphatic carbocycles. The van der Waals surface area contributed by atoms with Crippen LogP contribution >= 0.6 is 0 Å². The van der Waals surface area contributed by atoms with Crippen LogP contribution in [0.3, 0.4) is 0 Å². The van der Waals surface area contributed by atoms with Crippen molar-refractivity contribution in [2.24, 2.45) is 0 Å². The lowest BCUT2D eigenvalue weighted by Gasteiger charge is -2.32. The molecule has 2 aliphatic rings. The summed E-state index contributed by atoms with van der Waals surface area (Å²) in [5.74, 6) is 0.808. The topological polar surface area (TPSA) is 38.2 Å². The van der Waals surface area contributed by atoms with Gasteiger partial charge >= 0.3 is 0 Å². The Kier molecular flexibility index (Phi) is 2.41. The number of fused-ring (bicyclic) bond motifs is 2. The molecule has 2 bridgehead atoms. The average Bonchev–Trinajstić information content (AvgIpc) is 2.91. The first kappa shape index (κ1) is 10.2. The molecular weight excluding hydrogens is 202 g/mol. The largest absolute Gasteiger partial charge is 0.375 e. The summed E-state index contributed by atoms with van der Waals surface area (Å²) in [6, 6.07) is 0.688. The van der Waals surface area contributed by atoms with Crippen LogP contribution < -0.4 is 0 Å². The zero-order valence-corrected chi connectivity index (χ0v) is 9.47. The Morgan fingerprint density at radius 2 is 2.25 bits per heavy atom. The maximum absolute atomic E-state index is 5.59. The highest BCUT2D eigenvalue weighted by Crippen LogP contribution is 2.34. The molecule has 16 heavy (non-hydrogen) atoms. The molecule has 3 heterocycles. The summed E-state index contributed by atoms with van der Waals surface area (Å²) in [6.45, 7) is 7.97. The molecule has 0 amide bonds. The normalized spacial score (nSPS) is 30.9. The van der Waals surface area contributed by atoms with Crippen molar-refractivity contribution in [3.8, 4) is 0 Å². The van der Waals surface area contributed by atoms with Gasteiger partial charge in [-0.05, 0) is 20.3 Å². The first-order chi connectivity index (χ1) is 7.74. The van der Waals surface area contributed by atoms with Gasteiger partial charge in [0.25, 0.3) is 0 Å². The molecule has 1 radical (unpaired) electrons. The first-order valence-electron chi connectivity index (χ1n) is 5.73. The third-order valence-corrected chi connectivity index (χ3v) is 3.53. The van der Waals surface area contributed by atoms with E-state index in [0.29, 0.717) is 12.1 Å². The molecule has 0 saturated carbocycles. The van der Waals surface area contributed by atoms with E-state index in [9.17, 15) is 0 Å². The first-order valence-corrected chi connectivity index (χ1v) is 5.73. The molecule has 0 aromatic carbocycles. The minimum atomic E-state index is 0.152. The van der Waals surface area contributed by atoms with Gasteiger partial charge < -0.3 is 4.74 Å². The zero-order chi connectivity index (χ0) is 11.1. The highest BCUT2D eigenvalue weighted by molar-refractivity contribution is 5.14. The second kappa shape index (κ2) is 3.79. The lowest BCUT2D eigenvalue weighted by molar-refractivity contribution is 0.0187. The van der Waals surface area contributed by atoms with E-state index in [0.717, 1.165) is 31.0 Å². The number of rotatable bonds is 2. The van der Waals surface area contributed by atoms with Crippen LogP contribution in [0, 0.1) is 13.8 Å². The number of nitrogens with zero attached hydrogens (tertiary/aromatic N) is 3. The van der Waals surface area contributed by atoms with Crippen LogP contribution in [-0.2, 0) is 4.74 Å². The maximum atomic E-state index is 5.59. The molecule has 0 N–H and O–H groups in total. The summed E-state index contributed by atoms with van der Waals surface area (Å²) < 4.78 is 5.59. The van der Waals surface area contributed by atoms with Crippen molar-refractivity contribution in [3.05, 3.63) is 30.7 Å². The van der Waals surface area contributed by atoms with Gasteiger partial charge in [0, 0.05) is 36.6 Å². The van der Waals surface area contributed by atoms with E-state index in [2.05, 4.69) is 21.8 Å². The molecule has 1 aromatic rings. The third kappa shape index (κ3) is 1.62. The molecule has 1 aromatic heterocycles. The lowest BCUT2D eigenvalue weighted by Crippen LogP contribution is -2.38. The van der Waals surface area contributed by atoms with Gasteiger partial charge in [-0.15, -0.1) is 0 Å².